The van der Waals surface area contributed by atoms with Crippen molar-refractivity contribution in [3.63, 3.8) is 0 Å². The summed E-state index contributed by atoms with van der Waals surface area (Å²) in [5.41, 5.74) is 3.09. The molecule has 0 aliphatic heterocycles. The SMILES string of the molecule is COC(=O)c1cc(CNCC(O)COCC2=CCC3CC2C3(C)C)ccc1OC. The number of aliphatic hydroxyl groups excluding tert-OH is 1. The molecule has 6 nitrogen and oxygen atoms in total. The van der Waals surface area contributed by atoms with E-state index in [9.17, 15) is 9.90 Å². The first kappa shape index (κ1) is 21.8. The van der Waals surface area contributed by atoms with Crippen LogP contribution in [0.15, 0.2) is 29.8 Å². The van der Waals surface area contributed by atoms with Gasteiger partial charge in [0.15, 0.2) is 0 Å². The van der Waals surface area contributed by atoms with Gasteiger partial charge >= 0.3 is 5.97 Å². The molecule has 1 fully saturated rings. The zero-order valence-corrected chi connectivity index (χ0v) is 17.9. The third-order valence-corrected chi connectivity index (χ3v) is 6.54. The second kappa shape index (κ2) is 9.28. The maximum atomic E-state index is 11.9. The highest BCUT2D eigenvalue weighted by atomic mass is 16.5. The van der Waals surface area contributed by atoms with Crippen molar-refractivity contribution in [3.8, 4) is 5.75 Å². The third kappa shape index (κ3) is 4.82. The Morgan fingerprint density at radius 1 is 1.34 bits per heavy atom. The molecule has 1 aromatic carbocycles. The topological polar surface area (TPSA) is 77.0 Å². The highest BCUT2D eigenvalue weighted by molar-refractivity contribution is 5.92. The fourth-order valence-corrected chi connectivity index (χ4v) is 4.53. The molecule has 1 aromatic rings. The molecular formula is C23H33NO5. The van der Waals surface area contributed by atoms with Gasteiger partial charge in [0.05, 0.1) is 33.5 Å². The van der Waals surface area contributed by atoms with Crippen molar-refractivity contribution in [1.82, 2.24) is 5.32 Å². The predicted octanol–water partition coefficient (Wildman–Crippen LogP) is 2.94. The molecule has 160 valence electrons. The molecule has 2 N–H and O–H groups in total. The summed E-state index contributed by atoms with van der Waals surface area (Å²) in [7, 11) is 2.86. The van der Waals surface area contributed by atoms with Crippen LogP contribution in [0.25, 0.3) is 0 Å². The number of carbonyl (C=O) groups is 1. The van der Waals surface area contributed by atoms with Gasteiger partial charge in [0.2, 0.25) is 0 Å². The summed E-state index contributed by atoms with van der Waals surface area (Å²) in [4.78, 5) is 11.9. The second-order valence-electron chi connectivity index (χ2n) is 8.65. The van der Waals surface area contributed by atoms with Gasteiger partial charge in [0.1, 0.15) is 11.3 Å². The van der Waals surface area contributed by atoms with Gasteiger partial charge in [0, 0.05) is 13.1 Å². The number of carbonyl (C=O) groups excluding carboxylic acids is 1. The van der Waals surface area contributed by atoms with Gasteiger partial charge in [-0.3, -0.25) is 0 Å². The lowest BCUT2D eigenvalue weighted by Gasteiger charge is -2.56. The van der Waals surface area contributed by atoms with E-state index < -0.39 is 12.1 Å². The van der Waals surface area contributed by atoms with Crippen LogP contribution in [0.3, 0.4) is 0 Å². The molecule has 0 heterocycles. The quantitative estimate of drug-likeness (QED) is 0.462. The molecule has 3 unspecified atom stereocenters. The van der Waals surface area contributed by atoms with Gasteiger partial charge in [-0.2, -0.15) is 0 Å². The number of methoxy groups -OCH3 is 2. The summed E-state index contributed by atoms with van der Waals surface area (Å²) in [5, 5.41) is 13.4. The summed E-state index contributed by atoms with van der Waals surface area (Å²) in [6.45, 7) is 6.55. The van der Waals surface area contributed by atoms with Crippen molar-refractivity contribution >= 4 is 5.97 Å². The second-order valence-corrected chi connectivity index (χ2v) is 8.65. The van der Waals surface area contributed by atoms with E-state index in [2.05, 4.69) is 25.2 Å². The lowest BCUT2D eigenvalue weighted by atomic mass is 9.49. The maximum Gasteiger partial charge on any atom is 0.341 e. The smallest absolute Gasteiger partial charge is 0.341 e. The number of nitrogens with one attached hydrogen (secondary N) is 1. The zero-order valence-electron chi connectivity index (χ0n) is 17.9. The van der Waals surface area contributed by atoms with E-state index in [1.165, 1.54) is 26.2 Å². The van der Waals surface area contributed by atoms with Crippen LogP contribution in [-0.2, 0) is 16.0 Å². The van der Waals surface area contributed by atoms with Gasteiger partial charge in [-0.15, -0.1) is 0 Å². The molecule has 1 saturated carbocycles. The predicted molar refractivity (Wildman–Crippen MR) is 111 cm³/mol. The number of fused-ring (bicyclic) bond motifs is 1. The molecule has 3 atom stereocenters. The van der Waals surface area contributed by atoms with Gasteiger partial charge in [-0.05, 0) is 53.4 Å². The van der Waals surface area contributed by atoms with E-state index in [1.54, 1.807) is 12.1 Å². The largest absolute Gasteiger partial charge is 0.496 e. The first-order chi connectivity index (χ1) is 13.9. The van der Waals surface area contributed by atoms with Crippen LogP contribution in [-0.4, -0.2) is 51.2 Å². The number of hydrogen-bond donors (Lipinski definition) is 2. The molecule has 0 radical (unpaired) electrons. The Hall–Kier alpha value is -1.89. The molecule has 4 rings (SSSR count). The standard InChI is InChI=1S/C23H33NO5/c1-23(2)17-7-6-16(20(23)10-17)13-29-14-18(25)12-24-11-15-5-8-21(27-3)19(9-15)22(26)28-4/h5-6,8-9,17-18,20,24-25H,7,10-14H2,1-4H3. The molecule has 3 aliphatic carbocycles. The highest BCUT2D eigenvalue weighted by Crippen LogP contribution is 2.59. The highest BCUT2D eigenvalue weighted by Gasteiger charge is 2.50. The van der Waals surface area contributed by atoms with Crippen LogP contribution in [0.1, 0.15) is 42.6 Å². The van der Waals surface area contributed by atoms with Crippen molar-refractivity contribution in [2.24, 2.45) is 17.3 Å². The minimum atomic E-state index is -0.584. The van der Waals surface area contributed by atoms with E-state index in [0.29, 0.717) is 48.9 Å². The number of hydrogen-bond acceptors (Lipinski definition) is 6. The van der Waals surface area contributed by atoms with Crippen molar-refractivity contribution in [3.05, 3.63) is 41.0 Å². The Bertz CT molecular complexity index is 758. The monoisotopic (exact) mass is 403 g/mol. The fourth-order valence-electron chi connectivity index (χ4n) is 4.53. The number of allylic oxidation sites excluding steroid dienone is 1. The van der Waals surface area contributed by atoms with Crippen molar-refractivity contribution in [1.29, 1.82) is 0 Å². The van der Waals surface area contributed by atoms with Gasteiger partial charge in [0.25, 0.3) is 0 Å². The maximum absolute atomic E-state index is 11.9. The summed E-state index contributed by atoms with van der Waals surface area (Å²) < 4.78 is 15.8. The van der Waals surface area contributed by atoms with Crippen LogP contribution >= 0.6 is 0 Å². The van der Waals surface area contributed by atoms with Gasteiger partial charge < -0.3 is 24.6 Å². The van der Waals surface area contributed by atoms with Gasteiger partial charge in [-0.1, -0.05) is 26.0 Å². The molecule has 0 saturated heterocycles. The van der Waals surface area contributed by atoms with E-state index >= 15 is 0 Å². The summed E-state index contributed by atoms with van der Waals surface area (Å²) >= 11 is 0. The lowest BCUT2D eigenvalue weighted by Crippen LogP contribution is -2.48. The zero-order chi connectivity index (χ0) is 21.0. The van der Waals surface area contributed by atoms with Crippen LogP contribution in [0, 0.1) is 17.3 Å². The summed E-state index contributed by atoms with van der Waals surface area (Å²) in [6.07, 6.45) is 4.18. The summed E-state index contributed by atoms with van der Waals surface area (Å²) in [5.74, 6) is 1.50. The molecule has 0 amide bonds. The van der Waals surface area contributed by atoms with E-state index in [0.717, 1.165) is 17.9 Å². The van der Waals surface area contributed by atoms with Gasteiger partial charge in [-0.25, -0.2) is 4.79 Å². The molecule has 29 heavy (non-hydrogen) atoms. The van der Waals surface area contributed by atoms with Crippen molar-refractivity contribution < 1.29 is 24.1 Å². The summed E-state index contributed by atoms with van der Waals surface area (Å²) in [6, 6.07) is 5.36. The van der Waals surface area contributed by atoms with Crippen LogP contribution < -0.4 is 10.1 Å². The molecule has 6 heteroatoms. The molecule has 0 spiro atoms. The van der Waals surface area contributed by atoms with Crippen LogP contribution in [0.4, 0.5) is 0 Å². The Kier molecular flexibility index (Phi) is 6.98. The number of rotatable bonds is 10. The first-order valence-electron chi connectivity index (χ1n) is 10.3. The van der Waals surface area contributed by atoms with Crippen molar-refractivity contribution in [2.45, 2.75) is 39.3 Å². The number of ether oxygens (including phenoxy) is 3. The van der Waals surface area contributed by atoms with Crippen molar-refractivity contribution in [2.75, 3.05) is 34.0 Å². The fraction of sp³-hybridized carbons (Fsp3) is 0.609. The number of benzene rings is 1. The Morgan fingerprint density at radius 2 is 2.14 bits per heavy atom. The lowest BCUT2D eigenvalue weighted by molar-refractivity contribution is -0.0235. The number of aliphatic hydroxyl groups is 1. The molecule has 2 bridgehead atoms. The van der Waals surface area contributed by atoms with Crippen LogP contribution in [0.2, 0.25) is 0 Å². The normalized spacial score (nSPS) is 23.0. The first-order valence-corrected chi connectivity index (χ1v) is 10.3. The average Bonchev–Trinajstić information content (AvgIpc) is 2.73. The van der Waals surface area contributed by atoms with E-state index in [1.807, 2.05) is 6.07 Å². The van der Waals surface area contributed by atoms with Crippen LogP contribution in [0.5, 0.6) is 5.75 Å². The minimum absolute atomic E-state index is 0.303. The average molecular weight is 404 g/mol. The Labute approximate surface area is 173 Å². The third-order valence-electron chi connectivity index (χ3n) is 6.54. The number of esters is 1. The Balaban J connectivity index is 1.40. The Morgan fingerprint density at radius 3 is 2.79 bits per heavy atom. The minimum Gasteiger partial charge on any atom is -0.496 e. The van der Waals surface area contributed by atoms with E-state index in [4.69, 9.17) is 14.2 Å². The molecule has 0 aromatic heterocycles. The molecular weight excluding hydrogens is 370 g/mol. The molecule has 3 aliphatic rings. The van der Waals surface area contributed by atoms with E-state index in [-0.39, 0.29) is 0 Å².